The second kappa shape index (κ2) is 9.59. The van der Waals surface area contributed by atoms with E-state index in [0.29, 0.717) is 34.1 Å². The molecule has 2 aromatic heterocycles. The van der Waals surface area contributed by atoms with Gasteiger partial charge in [0.15, 0.2) is 5.96 Å². The van der Waals surface area contributed by atoms with Crippen LogP contribution in [0.3, 0.4) is 0 Å². The van der Waals surface area contributed by atoms with Crippen molar-refractivity contribution < 1.29 is 4.42 Å². The molecule has 0 saturated heterocycles. The first kappa shape index (κ1) is 21.0. The third kappa shape index (κ3) is 5.35. The maximum absolute atomic E-state index is 6.21. The number of aromatic nitrogens is 1. The molecule has 0 aliphatic carbocycles. The van der Waals surface area contributed by atoms with Crippen molar-refractivity contribution in [3.63, 3.8) is 0 Å². The molecule has 2 heterocycles. The molecular formula is C17H17Cl2IN4OS. The molecule has 0 fully saturated rings. The Morgan fingerprint density at radius 2 is 2.19 bits per heavy atom. The summed E-state index contributed by atoms with van der Waals surface area (Å²) in [5, 5.41) is 6.25. The smallest absolute Gasteiger partial charge is 0.236 e. The van der Waals surface area contributed by atoms with Crippen LogP contribution in [0.4, 0.5) is 0 Å². The number of halogens is 3. The van der Waals surface area contributed by atoms with Gasteiger partial charge in [0.25, 0.3) is 0 Å². The fourth-order valence-electron chi connectivity index (χ4n) is 2.26. The van der Waals surface area contributed by atoms with E-state index < -0.39 is 0 Å². The highest BCUT2D eigenvalue weighted by Gasteiger charge is 2.11. The van der Waals surface area contributed by atoms with Crippen molar-refractivity contribution in [2.75, 3.05) is 0 Å². The Bertz CT molecular complexity index is 883. The van der Waals surface area contributed by atoms with Gasteiger partial charge in [-0.2, -0.15) is 0 Å². The molecule has 3 N–H and O–H groups in total. The standard InChI is InChI=1S/C17H16Cl2N4OS.HI/c1-10(13-5-4-11(18)7-14(13)19)22-17(20)21-8-12-9-24-16(23-12)15-3-2-6-25-15;/h2-7,9-10H,8H2,1H3,(H3,20,21,22);1H. The van der Waals surface area contributed by atoms with Crippen LogP contribution in [0, 0.1) is 0 Å². The number of thiophene rings is 1. The Hall–Kier alpha value is -1.29. The predicted octanol–water partition coefficient (Wildman–Crippen LogP) is 5.49. The minimum absolute atomic E-state index is 0. The fraction of sp³-hybridized carbons (Fsp3) is 0.176. The molecular weight excluding hydrogens is 506 g/mol. The molecule has 138 valence electrons. The van der Waals surface area contributed by atoms with Gasteiger partial charge in [-0.25, -0.2) is 9.98 Å². The molecule has 0 spiro atoms. The summed E-state index contributed by atoms with van der Waals surface area (Å²) in [5.41, 5.74) is 7.56. The first-order valence-electron chi connectivity index (χ1n) is 7.52. The first-order valence-corrected chi connectivity index (χ1v) is 9.16. The lowest BCUT2D eigenvalue weighted by Gasteiger charge is -2.16. The van der Waals surface area contributed by atoms with Gasteiger partial charge < -0.3 is 15.5 Å². The van der Waals surface area contributed by atoms with Gasteiger partial charge in [0.1, 0.15) is 12.0 Å². The lowest BCUT2D eigenvalue weighted by atomic mass is 10.1. The average Bonchev–Trinajstić information content (AvgIpc) is 3.24. The van der Waals surface area contributed by atoms with Crippen molar-refractivity contribution in [1.29, 1.82) is 0 Å². The van der Waals surface area contributed by atoms with Crippen LogP contribution in [-0.2, 0) is 6.54 Å². The molecule has 0 radical (unpaired) electrons. The molecule has 0 saturated carbocycles. The van der Waals surface area contributed by atoms with E-state index in [1.165, 1.54) is 0 Å². The van der Waals surface area contributed by atoms with Crippen molar-refractivity contribution >= 4 is 64.5 Å². The molecule has 3 aromatic rings. The molecule has 0 amide bonds. The first-order chi connectivity index (χ1) is 12.0. The number of oxazole rings is 1. The van der Waals surface area contributed by atoms with Crippen molar-refractivity contribution in [1.82, 2.24) is 10.3 Å². The number of aliphatic imine (C=N–C) groups is 1. The predicted molar refractivity (Wildman–Crippen MR) is 119 cm³/mol. The number of benzene rings is 1. The van der Waals surface area contributed by atoms with Gasteiger partial charge in [0, 0.05) is 10.0 Å². The Morgan fingerprint density at radius 1 is 1.38 bits per heavy atom. The van der Waals surface area contributed by atoms with E-state index in [0.717, 1.165) is 10.4 Å². The van der Waals surface area contributed by atoms with Crippen LogP contribution in [0.5, 0.6) is 0 Å². The molecule has 1 aromatic carbocycles. The molecule has 9 heteroatoms. The zero-order valence-corrected chi connectivity index (χ0v) is 18.4. The van der Waals surface area contributed by atoms with E-state index >= 15 is 0 Å². The highest BCUT2D eigenvalue weighted by Crippen LogP contribution is 2.26. The number of guanidine groups is 1. The van der Waals surface area contributed by atoms with Gasteiger partial charge in [-0.3, -0.25) is 0 Å². The van der Waals surface area contributed by atoms with Crippen LogP contribution >= 0.6 is 58.5 Å². The topological polar surface area (TPSA) is 76.4 Å². The molecule has 1 unspecified atom stereocenters. The van der Waals surface area contributed by atoms with E-state index in [-0.39, 0.29) is 30.0 Å². The lowest BCUT2D eigenvalue weighted by Crippen LogP contribution is -2.34. The molecule has 0 bridgehead atoms. The van der Waals surface area contributed by atoms with Crippen molar-refractivity contribution in [3.8, 4) is 10.8 Å². The maximum Gasteiger partial charge on any atom is 0.236 e. The van der Waals surface area contributed by atoms with E-state index in [2.05, 4.69) is 15.3 Å². The number of hydrogen-bond acceptors (Lipinski definition) is 4. The van der Waals surface area contributed by atoms with Gasteiger partial charge in [0.05, 0.1) is 17.5 Å². The Morgan fingerprint density at radius 3 is 2.88 bits per heavy atom. The molecule has 5 nitrogen and oxygen atoms in total. The van der Waals surface area contributed by atoms with Gasteiger partial charge in [-0.15, -0.1) is 35.3 Å². The molecule has 0 aliphatic rings. The van der Waals surface area contributed by atoms with E-state index in [1.807, 2.05) is 30.5 Å². The zero-order chi connectivity index (χ0) is 17.8. The number of nitrogens with zero attached hydrogens (tertiary/aromatic N) is 2. The van der Waals surface area contributed by atoms with Gasteiger partial charge >= 0.3 is 0 Å². The van der Waals surface area contributed by atoms with Crippen LogP contribution < -0.4 is 11.1 Å². The highest BCUT2D eigenvalue weighted by molar-refractivity contribution is 14.0. The van der Waals surface area contributed by atoms with Crippen molar-refractivity contribution in [3.05, 3.63) is 63.3 Å². The quantitative estimate of drug-likeness (QED) is 0.264. The monoisotopic (exact) mass is 522 g/mol. The fourth-order valence-corrected chi connectivity index (χ4v) is 3.48. The Kier molecular flexibility index (Phi) is 7.75. The summed E-state index contributed by atoms with van der Waals surface area (Å²) in [6, 6.07) is 9.15. The van der Waals surface area contributed by atoms with Crippen molar-refractivity contribution in [2.45, 2.75) is 19.5 Å². The lowest BCUT2D eigenvalue weighted by molar-refractivity contribution is 0.574. The van der Waals surface area contributed by atoms with Crippen LogP contribution in [0.1, 0.15) is 24.2 Å². The minimum atomic E-state index is -0.104. The largest absolute Gasteiger partial charge is 0.443 e. The van der Waals surface area contributed by atoms with E-state index in [9.17, 15) is 0 Å². The van der Waals surface area contributed by atoms with Gasteiger partial charge in [-0.05, 0) is 36.1 Å². The molecule has 26 heavy (non-hydrogen) atoms. The van der Waals surface area contributed by atoms with Crippen molar-refractivity contribution in [2.24, 2.45) is 10.7 Å². The summed E-state index contributed by atoms with van der Waals surface area (Å²) in [6.45, 7) is 2.28. The normalized spacial score (nSPS) is 12.5. The van der Waals surface area contributed by atoms with E-state index in [1.54, 1.807) is 29.7 Å². The highest BCUT2D eigenvalue weighted by atomic mass is 127. The van der Waals surface area contributed by atoms with E-state index in [4.69, 9.17) is 33.4 Å². The van der Waals surface area contributed by atoms with Gasteiger partial charge in [-0.1, -0.05) is 35.3 Å². The summed E-state index contributed by atoms with van der Waals surface area (Å²) in [5.74, 6) is 0.896. The second-order valence-electron chi connectivity index (χ2n) is 5.35. The van der Waals surface area contributed by atoms with Crippen LogP contribution in [-0.4, -0.2) is 10.9 Å². The average molecular weight is 523 g/mol. The number of rotatable bonds is 5. The number of nitrogens with one attached hydrogen (secondary N) is 1. The SMILES string of the molecule is CC(NC(N)=NCc1coc(-c2cccs2)n1)c1ccc(Cl)cc1Cl.I. The molecule has 0 aliphatic heterocycles. The third-order valence-corrected chi connectivity index (χ3v) is 4.91. The summed E-state index contributed by atoms with van der Waals surface area (Å²) in [4.78, 5) is 9.68. The number of hydrogen-bond donors (Lipinski definition) is 2. The van der Waals surface area contributed by atoms with Gasteiger partial charge in [0.2, 0.25) is 5.89 Å². The zero-order valence-electron chi connectivity index (χ0n) is 13.8. The summed E-state index contributed by atoms with van der Waals surface area (Å²) in [7, 11) is 0. The summed E-state index contributed by atoms with van der Waals surface area (Å²) in [6.07, 6.45) is 1.59. The minimum Gasteiger partial charge on any atom is -0.443 e. The van der Waals surface area contributed by atoms with Crippen LogP contribution in [0.2, 0.25) is 10.0 Å². The Labute approximate surface area is 182 Å². The van der Waals surface area contributed by atoms with Crippen LogP contribution in [0.25, 0.3) is 10.8 Å². The second-order valence-corrected chi connectivity index (χ2v) is 7.15. The van der Waals surface area contributed by atoms with Crippen LogP contribution in [0.15, 0.2) is 51.4 Å². The Balaban J connectivity index is 0.00000243. The third-order valence-electron chi connectivity index (χ3n) is 3.49. The summed E-state index contributed by atoms with van der Waals surface area (Å²) >= 11 is 13.7. The molecule has 3 rings (SSSR count). The molecule has 1 atom stereocenters. The number of nitrogens with two attached hydrogens (primary N) is 1. The maximum atomic E-state index is 6.21. The summed E-state index contributed by atoms with van der Waals surface area (Å²) < 4.78 is 5.46.